The first kappa shape index (κ1) is 16.7. The van der Waals surface area contributed by atoms with E-state index in [1.165, 1.54) is 0 Å². The fourth-order valence-corrected chi connectivity index (χ4v) is 4.64. The van der Waals surface area contributed by atoms with Crippen molar-refractivity contribution in [3.8, 4) is 0 Å². The first-order chi connectivity index (χ1) is 9.98. The van der Waals surface area contributed by atoms with Crippen LogP contribution in [0, 0.1) is 5.92 Å². The molecule has 0 aliphatic carbocycles. The third-order valence-corrected chi connectivity index (χ3v) is 6.12. The van der Waals surface area contributed by atoms with E-state index >= 15 is 0 Å². The molecule has 0 spiro atoms. The number of halogens is 1. The highest BCUT2D eigenvalue weighted by Gasteiger charge is 2.33. The number of aromatic nitrogens is 1. The Labute approximate surface area is 135 Å². The fourth-order valence-electron chi connectivity index (χ4n) is 2.48. The van der Waals surface area contributed by atoms with Crippen molar-refractivity contribution in [2.24, 2.45) is 5.92 Å². The Kier molecular flexibility index (Phi) is 5.62. The van der Waals surface area contributed by atoms with Gasteiger partial charge in [0.15, 0.2) is 0 Å². The number of pyridine rings is 1. The quantitative estimate of drug-likeness (QED) is 0.829. The molecular formula is C14H22BrN3O2S. The standard InChI is InChI=1S/C14H22BrN3O2S/c1-3-6-16-14-13(8-12(15)9-17-14)21(19,20)18-7-5-11(4-2)10-18/h8-9,11H,3-7,10H2,1-2H3,(H,16,17). The number of nitrogens with one attached hydrogen (secondary N) is 1. The second kappa shape index (κ2) is 7.07. The lowest BCUT2D eigenvalue weighted by atomic mass is 10.1. The largest absolute Gasteiger partial charge is 0.369 e. The van der Waals surface area contributed by atoms with Gasteiger partial charge in [0.2, 0.25) is 10.0 Å². The van der Waals surface area contributed by atoms with Crippen molar-refractivity contribution in [1.29, 1.82) is 0 Å². The van der Waals surface area contributed by atoms with Gasteiger partial charge in [0.1, 0.15) is 10.7 Å². The summed E-state index contributed by atoms with van der Waals surface area (Å²) in [6.45, 7) is 6.05. The molecule has 1 N–H and O–H groups in total. The highest BCUT2D eigenvalue weighted by atomic mass is 79.9. The number of sulfonamides is 1. The van der Waals surface area contributed by atoms with Crippen molar-refractivity contribution in [2.75, 3.05) is 25.0 Å². The van der Waals surface area contributed by atoms with E-state index in [1.807, 2.05) is 6.92 Å². The van der Waals surface area contributed by atoms with E-state index in [4.69, 9.17) is 0 Å². The summed E-state index contributed by atoms with van der Waals surface area (Å²) in [7, 11) is -3.49. The zero-order valence-electron chi connectivity index (χ0n) is 12.5. The molecule has 0 aromatic carbocycles. The van der Waals surface area contributed by atoms with E-state index in [0.29, 0.717) is 35.8 Å². The van der Waals surface area contributed by atoms with E-state index < -0.39 is 10.0 Å². The molecule has 0 saturated carbocycles. The summed E-state index contributed by atoms with van der Waals surface area (Å²) in [6.07, 6.45) is 4.49. The first-order valence-electron chi connectivity index (χ1n) is 7.38. The summed E-state index contributed by atoms with van der Waals surface area (Å²) >= 11 is 3.32. The minimum atomic E-state index is -3.49. The SMILES string of the molecule is CCCNc1ncc(Br)cc1S(=O)(=O)N1CCC(CC)C1. The average molecular weight is 376 g/mol. The molecule has 0 bridgehead atoms. The molecular weight excluding hydrogens is 354 g/mol. The fraction of sp³-hybridized carbons (Fsp3) is 0.643. The van der Waals surface area contributed by atoms with Crippen molar-refractivity contribution in [3.05, 3.63) is 16.7 Å². The molecule has 0 radical (unpaired) electrons. The van der Waals surface area contributed by atoms with Crippen molar-refractivity contribution in [3.63, 3.8) is 0 Å². The van der Waals surface area contributed by atoms with Crippen LogP contribution in [0.2, 0.25) is 0 Å². The molecule has 5 nitrogen and oxygen atoms in total. The molecule has 1 aliphatic rings. The van der Waals surface area contributed by atoms with Gasteiger partial charge >= 0.3 is 0 Å². The van der Waals surface area contributed by atoms with Crippen LogP contribution >= 0.6 is 15.9 Å². The van der Waals surface area contributed by atoms with Gasteiger partial charge in [-0.25, -0.2) is 13.4 Å². The minimum absolute atomic E-state index is 0.266. The predicted octanol–water partition coefficient (Wildman–Crippen LogP) is 3.09. The molecule has 7 heteroatoms. The monoisotopic (exact) mass is 375 g/mol. The summed E-state index contributed by atoms with van der Waals surface area (Å²) < 4.78 is 28.0. The lowest BCUT2D eigenvalue weighted by Crippen LogP contribution is -2.29. The van der Waals surface area contributed by atoms with Crippen LogP contribution in [-0.2, 0) is 10.0 Å². The van der Waals surface area contributed by atoms with Crippen LogP contribution < -0.4 is 5.32 Å². The van der Waals surface area contributed by atoms with Gasteiger partial charge in [0.05, 0.1) is 0 Å². The van der Waals surface area contributed by atoms with Crippen molar-refractivity contribution in [2.45, 2.75) is 38.0 Å². The molecule has 1 aromatic heterocycles. The molecule has 1 saturated heterocycles. The Bertz CT molecular complexity index is 592. The molecule has 1 unspecified atom stereocenters. The van der Waals surface area contributed by atoms with Crippen LogP contribution in [0.1, 0.15) is 33.1 Å². The number of hydrogen-bond donors (Lipinski definition) is 1. The van der Waals surface area contributed by atoms with Gasteiger partial charge < -0.3 is 5.32 Å². The van der Waals surface area contributed by atoms with Gasteiger partial charge in [0.25, 0.3) is 0 Å². The van der Waals surface area contributed by atoms with Crippen LogP contribution in [0.5, 0.6) is 0 Å². The summed E-state index contributed by atoms with van der Waals surface area (Å²) in [5.41, 5.74) is 0. The lowest BCUT2D eigenvalue weighted by Gasteiger charge is -2.19. The third-order valence-electron chi connectivity index (χ3n) is 3.81. The molecule has 2 heterocycles. The maximum Gasteiger partial charge on any atom is 0.246 e. The van der Waals surface area contributed by atoms with Gasteiger partial charge in [-0.15, -0.1) is 0 Å². The summed E-state index contributed by atoms with van der Waals surface area (Å²) in [4.78, 5) is 4.49. The molecule has 1 fully saturated rings. The molecule has 118 valence electrons. The first-order valence-corrected chi connectivity index (χ1v) is 9.61. The number of rotatable bonds is 6. The Morgan fingerprint density at radius 2 is 2.24 bits per heavy atom. The lowest BCUT2D eigenvalue weighted by molar-refractivity contribution is 0.453. The minimum Gasteiger partial charge on any atom is -0.369 e. The molecule has 21 heavy (non-hydrogen) atoms. The maximum atomic E-state index is 12.9. The number of anilines is 1. The second-order valence-electron chi connectivity index (χ2n) is 5.35. The van der Waals surface area contributed by atoms with Crippen LogP contribution in [-0.4, -0.2) is 37.3 Å². The van der Waals surface area contributed by atoms with Gasteiger partial charge in [-0.1, -0.05) is 20.3 Å². The van der Waals surface area contributed by atoms with Crippen LogP contribution in [0.4, 0.5) is 5.82 Å². The molecule has 1 atom stereocenters. The van der Waals surface area contributed by atoms with E-state index in [9.17, 15) is 8.42 Å². The van der Waals surface area contributed by atoms with Gasteiger partial charge in [-0.2, -0.15) is 4.31 Å². The van der Waals surface area contributed by atoms with Crippen LogP contribution in [0.25, 0.3) is 0 Å². The highest BCUT2D eigenvalue weighted by Crippen LogP contribution is 2.30. The smallest absolute Gasteiger partial charge is 0.246 e. The zero-order chi connectivity index (χ0) is 15.5. The molecule has 1 aliphatic heterocycles. The summed E-state index contributed by atoms with van der Waals surface area (Å²) in [5, 5.41) is 3.11. The Balaban J connectivity index is 2.32. The van der Waals surface area contributed by atoms with Crippen molar-refractivity contribution < 1.29 is 8.42 Å². The maximum absolute atomic E-state index is 12.9. The summed E-state index contributed by atoms with van der Waals surface area (Å²) in [6, 6.07) is 1.64. The van der Waals surface area contributed by atoms with Gasteiger partial charge in [-0.3, -0.25) is 0 Å². The predicted molar refractivity (Wildman–Crippen MR) is 87.9 cm³/mol. The van der Waals surface area contributed by atoms with Crippen LogP contribution in [0.3, 0.4) is 0 Å². The Hall–Kier alpha value is -0.660. The molecule has 1 aromatic rings. The van der Waals surface area contributed by atoms with E-state index in [2.05, 4.69) is 33.2 Å². The van der Waals surface area contributed by atoms with Gasteiger partial charge in [0, 0.05) is 30.3 Å². The normalized spacial score (nSPS) is 19.9. The van der Waals surface area contributed by atoms with E-state index in [0.717, 1.165) is 19.3 Å². The van der Waals surface area contributed by atoms with Crippen molar-refractivity contribution in [1.82, 2.24) is 9.29 Å². The third kappa shape index (κ3) is 3.76. The topological polar surface area (TPSA) is 62.3 Å². The Morgan fingerprint density at radius 3 is 2.86 bits per heavy atom. The van der Waals surface area contributed by atoms with Crippen LogP contribution in [0.15, 0.2) is 21.6 Å². The number of hydrogen-bond acceptors (Lipinski definition) is 4. The van der Waals surface area contributed by atoms with Crippen molar-refractivity contribution >= 4 is 31.8 Å². The number of nitrogens with zero attached hydrogens (tertiary/aromatic N) is 2. The zero-order valence-corrected chi connectivity index (χ0v) is 14.9. The van der Waals surface area contributed by atoms with E-state index in [-0.39, 0.29) is 4.90 Å². The Morgan fingerprint density at radius 1 is 1.48 bits per heavy atom. The second-order valence-corrected chi connectivity index (χ2v) is 8.18. The average Bonchev–Trinajstić information content (AvgIpc) is 2.95. The molecule has 0 amide bonds. The highest BCUT2D eigenvalue weighted by molar-refractivity contribution is 9.10. The van der Waals surface area contributed by atoms with Gasteiger partial charge in [-0.05, 0) is 40.8 Å². The molecule has 2 rings (SSSR count). The van der Waals surface area contributed by atoms with E-state index in [1.54, 1.807) is 16.6 Å². The summed E-state index contributed by atoms with van der Waals surface area (Å²) in [5.74, 6) is 0.909.